The van der Waals surface area contributed by atoms with Crippen LogP contribution in [0.1, 0.15) is 38.8 Å². The Kier molecular flexibility index (Phi) is 3.78. The number of nitrogen functional groups attached to an aromatic ring is 1. The number of aromatic nitrogens is 2. The zero-order valence-corrected chi connectivity index (χ0v) is 12.2. The third-order valence-corrected chi connectivity index (χ3v) is 4.36. The van der Waals surface area contributed by atoms with Crippen molar-refractivity contribution in [2.24, 2.45) is 5.41 Å². The minimum atomic E-state index is -0.419. The van der Waals surface area contributed by atoms with Crippen molar-refractivity contribution in [2.45, 2.75) is 40.0 Å². The monoisotopic (exact) mass is 279 g/mol. The van der Waals surface area contributed by atoms with Crippen molar-refractivity contribution in [3.05, 3.63) is 15.8 Å². The highest BCUT2D eigenvalue weighted by Crippen LogP contribution is 2.38. The molecule has 7 heteroatoms. The van der Waals surface area contributed by atoms with Crippen molar-refractivity contribution >= 4 is 17.5 Å². The lowest BCUT2D eigenvalue weighted by Gasteiger charge is -2.39. The van der Waals surface area contributed by atoms with Crippen LogP contribution in [0.5, 0.6) is 0 Å². The van der Waals surface area contributed by atoms with Gasteiger partial charge in [0.15, 0.2) is 0 Å². The smallest absolute Gasteiger partial charge is 0.332 e. The number of aryl methyl sites for hydroxylation is 1. The van der Waals surface area contributed by atoms with E-state index in [1.165, 1.54) is 0 Å². The minimum absolute atomic E-state index is 0.0284. The second-order valence-corrected chi connectivity index (χ2v) is 5.75. The molecule has 1 fully saturated rings. The predicted octanol–water partition coefficient (Wildman–Crippen LogP) is 2.29. The first-order valence-electron chi connectivity index (χ1n) is 6.90. The van der Waals surface area contributed by atoms with Gasteiger partial charge < -0.3 is 10.6 Å². The van der Waals surface area contributed by atoms with Crippen LogP contribution in [0.25, 0.3) is 0 Å². The van der Waals surface area contributed by atoms with Gasteiger partial charge in [-0.15, -0.1) is 0 Å². The molecule has 2 rings (SSSR count). The molecule has 0 bridgehead atoms. The molecule has 1 aromatic heterocycles. The van der Waals surface area contributed by atoms with E-state index in [-0.39, 0.29) is 11.6 Å². The third kappa shape index (κ3) is 2.66. The maximum absolute atomic E-state index is 11.2. The first-order valence-corrected chi connectivity index (χ1v) is 6.90. The Bertz CT molecular complexity index is 524. The number of anilines is 2. The Morgan fingerprint density at radius 1 is 1.40 bits per heavy atom. The van der Waals surface area contributed by atoms with Crippen molar-refractivity contribution in [1.82, 2.24) is 9.97 Å². The van der Waals surface area contributed by atoms with E-state index in [9.17, 15) is 10.1 Å². The Hall–Kier alpha value is -1.92. The van der Waals surface area contributed by atoms with Crippen LogP contribution in [0.3, 0.4) is 0 Å². The fourth-order valence-electron chi connectivity index (χ4n) is 2.62. The highest BCUT2D eigenvalue weighted by Gasteiger charge is 2.33. The molecule has 0 radical (unpaired) electrons. The van der Waals surface area contributed by atoms with Crippen LogP contribution in [0.2, 0.25) is 0 Å². The van der Waals surface area contributed by atoms with Crippen LogP contribution < -0.4 is 10.6 Å². The van der Waals surface area contributed by atoms with Gasteiger partial charge in [-0.05, 0) is 25.2 Å². The number of hydrogen-bond donors (Lipinski definition) is 1. The van der Waals surface area contributed by atoms with Crippen molar-refractivity contribution < 1.29 is 4.92 Å². The average Bonchev–Trinajstić information content (AvgIpc) is 2.38. The normalized spacial score (nSPS) is 18.1. The van der Waals surface area contributed by atoms with Gasteiger partial charge in [-0.3, -0.25) is 10.1 Å². The Labute approximate surface area is 118 Å². The summed E-state index contributed by atoms with van der Waals surface area (Å²) in [6, 6.07) is 0. The molecule has 0 saturated carbocycles. The lowest BCUT2D eigenvalue weighted by molar-refractivity contribution is -0.385. The first-order chi connectivity index (χ1) is 9.36. The maximum atomic E-state index is 11.2. The topological polar surface area (TPSA) is 98.2 Å². The van der Waals surface area contributed by atoms with Gasteiger partial charge in [0.2, 0.25) is 11.8 Å². The molecule has 1 aliphatic heterocycles. The molecule has 7 nitrogen and oxygen atoms in total. The van der Waals surface area contributed by atoms with E-state index in [2.05, 4.69) is 23.8 Å². The second kappa shape index (κ2) is 5.22. The number of piperidine rings is 1. The highest BCUT2D eigenvalue weighted by molar-refractivity contribution is 5.62. The van der Waals surface area contributed by atoms with E-state index in [1.54, 1.807) is 6.92 Å². The van der Waals surface area contributed by atoms with Gasteiger partial charge in [0.05, 0.1) is 4.92 Å². The van der Waals surface area contributed by atoms with Gasteiger partial charge in [0.25, 0.3) is 0 Å². The van der Waals surface area contributed by atoms with Crippen LogP contribution in [-0.2, 0) is 0 Å². The van der Waals surface area contributed by atoms with Crippen LogP contribution in [0, 0.1) is 22.5 Å². The molecule has 0 unspecified atom stereocenters. The van der Waals surface area contributed by atoms with Crippen LogP contribution in [0.4, 0.5) is 17.5 Å². The molecule has 1 aliphatic rings. The van der Waals surface area contributed by atoms with Crippen molar-refractivity contribution in [2.75, 3.05) is 23.7 Å². The Morgan fingerprint density at radius 3 is 2.50 bits per heavy atom. The Balaban J connectivity index is 2.32. The van der Waals surface area contributed by atoms with Crippen LogP contribution in [-0.4, -0.2) is 28.0 Å². The molecule has 2 N–H and O–H groups in total. The van der Waals surface area contributed by atoms with Crippen molar-refractivity contribution in [3.8, 4) is 0 Å². The fraction of sp³-hybridized carbons (Fsp3) is 0.692. The molecule has 20 heavy (non-hydrogen) atoms. The van der Waals surface area contributed by atoms with Gasteiger partial charge in [0.1, 0.15) is 5.69 Å². The van der Waals surface area contributed by atoms with Gasteiger partial charge in [0, 0.05) is 13.1 Å². The molecular formula is C13H21N5O2. The van der Waals surface area contributed by atoms with E-state index in [0.717, 1.165) is 32.4 Å². The van der Waals surface area contributed by atoms with Crippen LogP contribution >= 0.6 is 0 Å². The fourth-order valence-corrected chi connectivity index (χ4v) is 2.62. The van der Waals surface area contributed by atoms with E-state index in [4.69, 9.17) is 5.73 Å². The molecular weight excluding hydrogens is 258 g/mol. The number of rotatable bonds is 3. The maximum Gasteiger partial charge on any atom is 0.332 e. The number of nitrogens with zero attached hydrogens (tertiary/aromatic N) is 4. The molecule has 0 aliphatic carbocycles. The lowest BCUT2D eigenvalue weighted by atomic mass is 9.78. The molecule has 0 amide bonds. The van der Waals surface area contributed by atoms with Gasteiger partial charge in [-0.25, -0.2) is 4.98 Å². The summed E-state index contributed by atoms with van der Waals surface area (Å²) in [6.07, 6.45) is 3.13. The van der Waals surface area contributed by atoms with Crippen molar-refractivity contribution in [3.63, 3.8) is 0 Å². The van der Waals surface area contributed by atoms with E-state index in [1.807, 2.05) is 4.90 Å². The predicted molar refractivity (Wildman–Crippen MR) is 77.7 cm³/mol. The average molecular weight is 279 g/mol. The SMILES string of the molecule is CCC1(C)CCN(c2nc(N)nc(C)c2[N+](=O)[O-])CC1. The zero-order valence-electron chi connectivity index (χ0n) is 12.2. The molecule has 1 saturated heterocycles. The minimum Gasteiger partial charge on any atom is -0.368 e. The first kappa shape index (κ1) is 14.5. The van der Waals surface area contributed by atoms with Gasteiger partial charge in [-0.1, -0.05) is 20.3 Å². The van der Waals surface area contributed by atoms with Gasteiger partial charge in [-0.2, -0.15) is 4.98 Å². The summed E-state index contributed by atoms with van der Waals surface area (Å²) in [5.74, 6) is 0.449. The summed E-state index contributed by atoms with van der Waals surface area (Å²) in [4.78, 5) is 20.8. The zero-order chi connectivity index (χ0) is 14.9. The summed E-state index contributed by atoms with van der Waals surface area (Å²) in [5, 5.41) is 11.2. The molecule has 0 spiro atoms. The summed E-state index contributed by atoms with van der Waals surface area (Å²) in [5.41, 5.74) is 6.25. The number of nitro groups is 1. The van der Waals surface area contributed by atoms with E-state index < -0.39 is 4.92 Å². The number of hydrogen-bond acceptors (Lipinski definition) is 6. The summed E-state index contributed by atoms with van der Waals surface area (Å²) in [6.45, 7) is 7.57. The quantitative estimate of drug-likeness (QED) is 0.673. The third-order valence-electron chi connectivity index (χ3n) is 4.36. The van der Waals surface area contributed by atoms with Crippen molar-refractivity contribution in [1.29, 1.82) is 0 Å². The molecule has 110 valence electrons. The second-order valence-electron chi connectivity index (χ2n) is 5.75. The van der Waals surface area contributed by atoms with E-state index >= 15 is 0 Å². The summed E-state index contributed by atoms with van der Waals surface area (Å²) >= 11 is 0. The van der Waals surface area contributed by atoms with Gasteiger partial charge >= 0.3 is 5.69 Å². The summed E-state index contributed by atoms with van der Waals surface area (Å²) in [7, 11) is 0. The molecule has 2 heterocycles. The van der Waals surface area contributed by atoms with Crippen LogP contribution in [0.15, 0.2) is 0 Å². The largest absolute Gasteiger partial charge is 0.368 e. The Morgan fingerprint density at radius 2 is 2.00 bits per heavy atom. The number of nitrogens with two attached hydrogens (primary N) is 1. The summed E-state index contributed by atoms with van der Waals surface area (Å²) < 4.78 is 0. The molecule has 0 aromatic carbocycles. The molecule has 1 aromatic rings. The van der Waals surface area contributed by atoms with E-state index in [0.29, 0.717) is 16.9 Å². The molecule has 0 atom stereocenters. The standard InChI is InChI=1S/C13H21N5O2/c1-4-13(3)5-7-17(8-6-13)11-10(18(19)20)9(2)15-12(14)16-11/h4-8H2,1-3H3,(H2,14,15,16). The highest BCUT2D eigenvalue weighted by atomic mass is 16.6. The lowest BCUT2D eigenvalue weighted by Crippen LogP contribution is -2.39.